The Bertz CT molecular complexity index is 1260. The molecule has 3 aromatic rings. The molecule has 1 aromatic heterocycles. The Labute approximate surface area is 296 Å². The molecule has 0 unspecified atom stereocenters. The van der Waals surface area contributed by atoms with Crippen LogP contribution in [0.3, 0.4) is 0 Å². The summed E-state index contributed by atoms with van der Waals surface area (Å²) >= 11 is 6.66. The molecule has 0 saturated carbocycles. The Morgan fingerprint density at radius 1 is 0.558 bits per heavy atom. The monoisotopic (exact) mass is 699 g/mol. The van der Waals surface area contributed by atoms with E-state index in [4.69, 9.17) is 26.6 Å². The minimum absolute atomic E-state index is 0. The molecule has 0 aliphatic rings. The minimum Gasteiger partial charge on any atom is -1.00 e. The number of nitrogens with zero attached hydrogens (tertiary/aromatic N) is 3. The number of aliphatic imine (C=N–C) groups is 2. The number of hydrogen-bond acceptors (Lipinski definition) is 3. The molecule has 43 heavy (non-hydrogen) atoms. The number of aromatic nitrogens is 1. The van der Waals surface area contributed by atoms with Crippen molar-refractivity contribution in [3.8, 4) is 0 Å². The molecule has 0 saturated heterocycles. The van der Waals surface area contributed by atoms with Crippen LogP contribution in [0.25, 0.3) is 0 Å². The van der Waals surface area contributed by atoms with E-state index in [9.17, 15) is 0 Å². The summed E-state index contributed by atoms with van der Waals surface area (Å²) in [6.07, 6.45) is 0. The summed E-state index contributed by atoms with van der Waals surface area (Å²) < 4.78 is 0. The van der Waals surface area contributed by atoms with Crippen molar-refractivity contribution < 1.29 is 55.8 Å². The predicted molar refractivity (Wildman–Crippen MR) is 172 cm³/mol. The van der Waals surface area contributed by atoms with Gasteiger partial charge in [-0.05, 0) is 85.8 Å². The number of halogens is 4. The molecule has 3 nitrogen and oxygen atoms in total. The molecule has 0 bridgehead atoms. The van der Waals surface area contributed by atoms with Crippen molar-refractivity contribution >= 4 is 34.4 Å². The van der Waals surface area contributed by atoms with E-state index in [1.807, 2.05) is 26.0 Å². The van der Waals surface area contributed by atoms with Gasteiger partial charge in [-0.1, -0.05) is 102 Å². The van der Waals surface area contributed by atoms with Crippen LogP contribution < -0.4 is 37.2 Å². The average Bonchev–Trinajstić information content (AvgIpc) is 2.84. The molecule has 3 rings (SSSR count). The van der Waals surface area contributed by atoms with Gasteiger partial charge >= 0.3 is 0 Å². The van der Waals surface area contributed by atoms with Crippen molar-refractivity contribution in [2.45, 2.75) is 107 Å². The number of pyridine rings is 1. The van der Waals surface area contributed by atoms with Gasteiger partial charge in [-0.2, -0.15) is 0 Å². The third-order valence-electron chi connectivity index (χ3n) is 7.20. The molecule has 1 heterocycles. The zero-order valence-corrected chi connectivity index (χ0v) is 32.0. The van der Waals surface area contributed by atoms with Crippen molar-refractivity contribution in [3.63, 3.8) is 0 Å². The first-order chi connectivity index (χ1) is 18.2. The predicted octanol–water partition coefficient (Wildman–Crippen LogP) is 2.14. The van der Waals surface area contributed by atoms with Gasteiger partial charge in [0.2, 0.25) is 0 Å². The van der Waals surface area contributed by atoms with Gasteiger partial charge in [-0.25, -0.2) is 4.98 Å². The molecule has 2 aromatic carbocycles. The number of aryl methyl sites for hydroxylation is 2. The van der Waals surface area contributed by atoms with Crippen molar-refractivity contribution in [1.82, 2.24) is 4.98 Å². The van der Waals surface area contributed by atoms with Crippen molar-refractivity contribution in [1.29, 1.82) is 0 Å². The van der Waals surface area contributed by atoms with Gasteiger partial charge in [-0.15, -0.1) is 0 Å². The third kappa shape index (κ3) is 10.9. The first-order valence-corrected chi connectivity index (χ1v) is 14.6. The normalized spacial score (nSPS) is 11.7. The summed E-state index contributed by atoms with van der Waals surface area (Å²) in [5, 5.41) is 0.633. The summed E-state index contributed by atoms with van der Waals surface area (Å²) in [4.78, 5) is 15.4. The van der Waals surface area contributed by atoms with Gasteiger partial charge < -0.3 is 37.2 Å². The van der Waals surface area contributed by atoms with Crippen molar-refractivity contribution in [3.05, 3.63) is 86.2 Å². The van der Waals surface area contributed by atoms with E-state index in [0.29, 0.717) is 28.7 Å². The van der Waals surface area contributed by atoms with Crippen molar-refractivity contribution in [2.75, 3.05) is 0 Å². The van der Waals surface area contributed by atoms with E-state index in [0.717, 1.165) is 34.2 Å². The molecule has 0 amide bonds. The van der Waals surface area contributed by atoms with E-state index >= 15 is 0 Å². The van der Waals surface area contributed by atoms with Crippen LogP contribution in [-0.4, -0.2) is 16.4 Å². The summed E-state index contributed by atoms with van der Waals surface area (Å²) in [5.74, 6) is 1.47. The average molecular weight is 702 g/mol. The minimum atomic E-state index is 0. The molecular weight excluding hydrogens is 655 g/mol. The van der Waals surface area contributed by atoms with Gasteiger partial charge in [0.25, 0.3) is 0 Å². The summed E-state index contributed by atoms with van der Waals surface area (Å²) in [7, 11) is 0. The molecule has 0 atom stereocenters. The van der Waals surface area contributed by atoms with Crippen LogP contribution in [0, 0.1) is 13.8 Å². The van der Waals surface area contributed by atoms with Crippen molar-refractivity contribution in [2.24, 2.45) is 9.98 Å². The maximum absolute atomic E-state index is 6.66. The number of rotatable bonds is 8. The first-order valence-electron chi connectivity index (χ1n) is 14.3. The fourth-order valence-electron chi connectivity index (χ4n) is 5.01. The topological polar surface area (TPSA) is 37.6 Å². The quantitative estimate of drug-likeness (QED) is 0.332. The van der Waals surface area contributed by atoms with E-state index in [1.54, 1.807) is 0 Å². The summed E-state index contributed by atoms with van der Waals surface area (Å²) in [5.41, 5.74) is 12.9. The van der Waals surface area contributed by atoms with Crippen LogP contribution in [0.5, 0.6) is 0 Å². The maximum Gasteiger partial charge on any atom is 0.0864 e. The number of hydrogen-bond donors (Lipinski definition) is 0. The Balaban J connectivity index is 0. The maximum atomic E-state index is 6.66. The van der Waals surface area contributed by atoms with Crippen LogP contribution in [0.4, 0.5) is 11.4 Å². The summed E-state index contributed by atoms with van der Waals surface area (Å²) in [6, 6.07) is 12.8. The van der Waals surface area contributed by atoms with Crippen LogP contribution >= 0.6 is 11.6 Å². The fraction of sp³-hybridized carbons (Fsp3) is 0.457. The molecule has 0 fully saturated rings. The zero-order chi connectivity index (χ0) is 29.2. The Kier molecular flexibility index (Phi) is 18.9. The van der Waals surface area contributed by atoms with Gasteiger partial charge in [-0.3, -0.25) is 9.98 Å². The van der Waals surface area contributed by atoms with E-state index < -0.39 is 0 Å². The molecule has 0 aliphatic heterocycles. The molecule has 0 N–H and O–H groups in total. The molecular formula is C35H46Cl4N3V-3. The second kappa shape index (κ2) is 18.6. The Morgan fingerprint density at radius 3 is 1.05 bits per heavy atom. The van der Waals surface area contributed by atoms with Gasteiger partial charge in [0.1, 0.15) is 0 Å². The second-order valence-corrected chi connectivity index (χ2v) is 12.6. The van der Waals surface area contributed by atoms with Gasteiger partial charge in [0.05, 0.1) is 34.2 Å². The van der Waals surface area contributed by atoms with Crippen LogP contribution in [-0.2, 0) is 18.6 Å². The molecule has 0 aliphatic carbocycles. The molecule has 237 valence electrons. The molecule has 0 spiro atoms. The fourth-order valence-corrected chi connectivity index (χ4v) is 5.21. The van der Waals surface area contributed by atoms with Crippen LogP contribution in [0.1, 0.15) is 138 Å². The molecule has 1 radical (unpaired) electrons. The molecule has 8 heteroatoms. The van der Waals surface area contributed by atoms with E-state index in [-0.39, 0.29) is 55.8 Å². The zero-order valence-electron chi connectivity index (χ0n) is 27.6. The van der Waals surface area contributed by atoms with Crippen LogP contribution in [0.15, 0.2) is 46.4 Å². The number of benzene rings is 2. The second-order valence-electron chi connectivity index (χ2n) is 12.2. The third-order valence-corrected chi connectivity index (χ3v) is 7.42. The van der Waals surface area contributed by atoms with Gasteiger partial charge in [0.15, 0.2) is 0 Å². The summed E-state index contributed by atoms with van der Waals surface area (Å²) in [6.45, 7) is 26.2. The largest absolute Gasteiger partial charge is 1.00 e. The first kappa shape index (κ1) is 43.8. The Morgan fingerprint density at radius 2 is 0.814 bits per heavy atom. The van der Waals surface area contributed by atoms with Gasteiger partial charge in [0, 0.05) is 23.6 Å². The van der Waals surface area contributed by atoms with E-state index in [2.05, 4.69) is 93.5 Å². The van der Waals surface area contributed by atoms with Crippen LogP contribution in [0.2, 0.25) is 5.02 Å². The smallest absolute Gasteiger partial charge is 0.0864 e. The van der Waals surface area contributed by atoms with E-state index in [1.165, 1.54) is 33.4 Å². The Hall–Kier alpha value is -1.33. The standard InChI is InChI=1S/C35H46ClN3.3ClH.V/c1-19(2)28-13-23(9)14-29(20(3)4)34(28)37-25(11)32-17-27(36)18-33(39-32)26(12)38-35-30(21(5)6)15-24(10)16-31(35)22(7)8;;;;/h13-22H,1-12H3;3*1H;/p-3. The SMILES string of the molecule is CC(=Nc1c(C(C)C)cc(C)cc1C(C)C)c1cc(Cl)cc(C(C)=Nc2c(C(C)C)cc(C)cc2C(C)C)n1.[Cl-].[Cl-].[Cl-].[V].